The van der Waals surface area contributed by atoms with Crippen LogP contribution in [-0.4, -0.2) is 41.7 Å². The minimum Gasteiger partial charge on any atom is -0.486 e. The van der Waals surface area contributed by atoms with Gasteiger partial charge in [0.1, 0.15) is 23.9 Å². The Hall–Kier alpha value is -2.61. The van der Waals surface area contributed by atoms with E-state index < -0.39 is 5.97 Å². The molecule has 0 unspecified atom stereocenters. The number of nitrogens with one attached hydrogen (secondary N) is 1. The summed E-state index contributed by atoms with van der Waals surface area (Å²) >= 11 is 1.36. The lowest BCUT2D eigenvalue weighted by Gasteiger charge is -2.18. The van der Waals surface area contributed by atoms with Crippen LogP contribution in [0.2, 0.25) is 0 Å². The van der Waals surface area contributed by atoms with Crippen molar-refractivity contribution in [3.05, 3.63) is 29.3 Å². The predicted molar refractivity (Wildman–Crippen MR) is 87.7 cm³/mol. The molecule has 7 nitrogen and oxygen atoms in total. The van der Waals surface area contributed by atoms with Crippen LogP contribution in [0.4, 0.5) is 0 Å². The first kappa shape index (κ1) is 16.3. The molecule has 0 bridgehead atoms. The van der Waals surface area contributed by atoms with E-state index >= 15 is 0 Å². The van der Waals surface area contributed by atoms with Gasteiger partial charge in [-0.3, -0.25) is 9.59 Å². The van der Waals surface area contributed by atoms with Gasteiger partial charge in [0.15, 0.2) is 11.5 Å². The maximum absolute atomic E-state index is 12.0. The fourth-order valence-electron chi connectivity index (χ4n) is 2.22. The zero-order valence-corrected chi connectivity index (χ0v) is 13.6. The Morgan fingerprint density at radius 1 is 1.25 bits per heavy atom. The van der Waals surface area contributed by atoms with Crippen LogP contribution in [-0.2, 0) is 4.79 Å². The molecule has 1 amide bonds. The van der Waals surface area contributed by atoms with E-state index in [1.165, 1.54) is 11.3 Å². The molecule has 1 aliphatic heterocycles. The molecule has 2 heterocycles. The number of benzene rings is 1. The molecule has 2 N–H and O–H groups in total. The number of carbonyl (C=O) groups excluding carboxylic acids is 1. The molecule has 0 fully saturated rings. The normalized spacial score (nSPS) is 12.7. The van der Waals surface area contributed by atoms with E-state index in [4.69, 9.17) is 14.6 Å². The lowest BCUT2D eigenvalue weighted by Crippen LogP contribution is -2.25. The molecule has 2 aromatic rings. The van der Waals surface area contributed by atoms with Gasteiger partial charge in [-0.1, -0.05) is 0 Å². The summed E-state index contributed by atoms with van der Waals surface area (Å²) < 4.78 is 11.0. The molecule has 0 saturated carbocycles. The predicted octanol–water partition coefficient (Wildman–Crippen LogP) is 2.18. The van der Waals surface area contributed by atoms with Crippen molar-refractivity contribution in [1.82, 2.24) is 10.3 Å². The van der Waals surface area contributed by atoms with Gasteiger partial charge in [0.2, 0.25) is 0 Å². The van der Waals surface area contributed by atoms with Crippen LogP contribution in [0.3, 0.4) is 0 Å². The third-order valence-corrected chi connectivity index (χ3v) is 4.27. The van der Waals surface area contributed by atoms with Crippen LogP contribution in [0.1, 0.15) is 23.3 Å². The molecule has 8 heteroatoms. The number of ether oxygens (including phenoxy) is 2. The van der Waals surface area contributed by atoms with Crippen molar-refractivity contribution < 1.29 is 24.2 Å². The average molecular weight is 348 g/mol. The zero-order valence-electron chi connectivity index (χ0n) is 12.8. The van der Waals surface area contributed by atoms with Crippen LogP contribution in [0.5, 0.6) is 11.5 Å². The summed E-state index contributed by atoms with van der Waals surface area (Å²) in [7, 11) is 0. The van der Waals surface area contributed by atoms with E-state index in [1.54, 1.807) is 5.38 Å². The number of hydrogen-bond acceptors (Lipinski definition) is 6. The van der Waals surface area contributed by atoms with Gasteiger partial charge in [-0.25, -0.2) is 4.98 Å². The minimum atomic E-state index is -0.876. The fraction of sp³-hybridized carbons (Fsp3) is 0.312. The Morgan fingerprint density at radius 2 is 2.04 bits per heavy atom. The summed E-state index contributed by atoms with van der Waals surface area (Å²) in [5.41, 5.74) is 1.18. The molecule has 3 rings (SSSR count). The fourth-order valence-corrected chi connectivity index (χ4v) is 3.02. The first-order valence-corrected chi connectivity index (χ1v) is 8.37. The number of aliphatic carboxylic acids is 1. The summed E-state index contributed by atoms with van der Waals surface area (Å²) in [5, 5.41) is 13.6. The summed E-state index contributed by atoms with van der Waals surface area (Å²) in [6, 6.07) is 5.56. The molecular weight excluding hydrogens is 332 g/mol. The van der Waals surface area contributed by atoms with Gasteiger partial charge in [0, 0.05) is 23.9 Å². The van der Waals surface area contributed by atoms with Crippen molar-refractivity contribution in [3.63, 3.8) is 0 Å². The number of carbonyl (C=O) groups is 2. The largest absolute Gasteiger partial charge is 0.486 e. The van der Waals surface area contributed by atoms with Gasteiger partial charge in [0.25, 0.3) is 5.91 Å². The maximum Gasteiger partial charge on any atom is 0.303 e. The third kappa shape index (κ3) is 3.83. The molecular formula is C16H16N2O5S. The van der Waals surface area contributed by atoms with Crippen LogP contribution in [0, 0.1) is 0 Å². The zero-order chi connectivity index (χ0) is 16.9. The van der Waals surface area contributed by atoms with Gasteiger partial charge in [-0.05, 0) is 24.6 Å². The first-order valence-electron chi connectivity index (χ1n) is 7.49. The number of nitrogens with zero attached hydrogens (tertiary/aromatic N) is 1. The highest BCUT2D eigenvalue weighted by Crippen LogP contribution is 2.35. The summed E-state index contributed by atoms with van der Waals surface area (Å²) in [6.07, 6.45) is 0.417. The molecule has 0 radical (unpaired) electrons. The Balaban J connectivity index is 1.64. The number of carboxylic acids is 1. The minimum absolute atomic E-state index is 0.0276. The molecule has 0 spiro atoms. The first-order chi connectivity index (χ1) is 11.6. The van der Waals surface area contributed by atoms with Crippen molar-refractivity contribution in [2.24, 2.45) is 0 Å². The quantitative estimate of drug-likeness (QED) is 0.777. The second-order valence-electron chi connectivity index (χ2n) is 5.15. The van der Waals surface area contributed by atoms with Crippen LogP contribution in [0.25, 0.3) is 10.6 Å². The number of aromatic nitrogens is 1. The van der Waals surface area contributed by atoms with E-state index in [0.717, 1.165) is 5.56 Å². The van der Waals surface area contributed by atoms with Crippen molar-refractivity contribution in [2.75, 3.05) is 19.8 Å². The molecule has 1 aromatic carbocycles. The number of carboxylic acid groups (broad SMARTS) is 1. The third-order valence-electron chi connectivity index (χ3n) is 3.38. The van der Waals surface area contributed by atoms with E-state index in [-0.39, 0.29) is 12.3 Å². The van der Waals surface area contributed by atoms with Gasteiger partial charge >= 0.3 is 5.97 Å². The second kappa shape index (κ2) is 7.31. The summed E-state index contributed by atoms with van der Waals surface area (Å²) in [6.45, 7) is 1.36. The summed E-state index contributed by atoms with van der Waals surface area (Å²) in [5.74, 6) is 0.200. The van der Waals surface area contributed by atoms with Crippen molar-refractivity contribution in [2.45, 2.75) is 12.8 Å². The van der Waals surface area contributed by atoms with Crippen LogP contribution >= 0.6 is 11.3 Å². The van der Waals surface area contributed by atoms with Crippen molar-refractivity contribution in [1.29, 1.82) is 0 Å². The van der Waals surface area contributed by atoms with E-state index in [2.05, 4.69) is 10.3 Å². The van der Waals surface area contributed by atoms with E-state index in [9.17, 15) is 9.59 Å². The maximum atomic E-state index is 12.0. The van der Waals surface area contributed by atoms with Crippen molar-refractivity contribution in [3.8, 4) is 22.1 Å². The molecule has 0 atom stereocenters. The van der Waals surface area contributed by atoms with E-state index in [1.807, 2.05) is 18.2 Å². The Labute approximate surface area is 142 Å². The monoisotopic (exact) mass is 348 g/mol. The molecule has 1 aliphatic rings. The smallest absolute Gasteiger partial charge is 0.303 e. The SMILES string of the molecule is O=C(O)CCCNC(=O)c1csc(-c2ccc3c(c2)OCCO3)n1. The number of rotatable bonds is 6. The highest BCUT2D eigenvalue weighted by atomic mass is 32.1. The average Bonchev–Trinajstić information content (AvgIpc) is 3.08. The van der Waals surface area contributed by atoms with Gasteiger partial charge in [0.05, 0.1) is 0 Å². The number of fused-ring (bicyclic) bond motifs is 1. The highest BCUT2D eigenvalue weighted by molar-refractivity contribution is 7.13. The number of hydrogen-bond donors (Lipinski definition) is 2. The Bertz CT molecular complexity index is 759. The lowest BCUT2D eigenvalue weighted by molar-refractivity contribution is -0.137. The standard InChI is InChI=1S/C16H16N2O5S/c19-14(20)2-1-5-17-15(21)11-9-24-16(18-11)10-3-4-12-13(8-10)23-7-6-22-12/h3-4,8-9H,1-2,5-7H2,(H,17,21)(H,19,20). The van der Waals surface area contributed by atoms with Crippen LogP contribution < -0.4 is 14.8 Å². The topological polar surface area (TPSA) is 97.8 Å². The van der Waals surface area contributed by atoms with E-state index in [0.29, 0.717) is 48.4 Å². The number of thiazole rings is 1. The van der Waals surface area contributed by atoms with Crippen molar-refractivity contribution >= 4 is 23.2 Å². The molecule has 0 saturated heterocycles. The summed E-state index contributed by atoms with van der Waals surface area (Å²) in [4.78, 5) is 26.8. The second-order valence-corrected chi connectivity index (χ2v) is 6.01. The Kier molecular flexibility index (Phi) is 4.95. The van der Waals surface area contributed by atoms with Gasteiger partial charge < -0.3 is 19.9 Å². The van der Waals surface area contributed by atoms with Gasteiger partial charge in [-0.15, -0.1) is 11.3 Å². The number of amides is 1. The molecule has 126 valence electrons. The molecule has 1 aromatic heterocycles. The Morgan fingerprint density at radius 3 is 2.83 bits per heavy atom. The molecule has 0 aliphatic carbocycles. The van der Waals surface area contributed by atoms with Gasteiger partial charge in [-0.2, -0.15) is 0 Å². The lowest BCUT2D eigenvalue weighted by atomic mass is 10.2. The molecule has 24 heavy (non-hydrogen) atoms. The van der Waals surface area contributed by atoms with Crippen LogP contribution in [0.15, 0.2) is 23.6 Å². The highest BCUT2D eigenvalue weighted by Gasteiger charge is 2.15.